The number of benzene rings is 4. The average Bonchev–Trinajstić information content (AvgIpc) is 3.74. The third kappa shape index (κ3) is 11.6. The molecule has 13 nitrogen and oxygen atoms in total. The first-order valence-electron chi connectivity index (χ1n) is 19.1. The molecule has 3 aliphatic rings. The van der Waals surface area contributed by atoms with Gasteiger partial charge in [-0.15, -0.1) is 11.8 Å². The van der Waals surface area contributed by atoms with Crippen LogP contribution in [0.25, 0.3) is 11.1 Å². The van der Waals surface area contributed by atoms with Gasteiger partial charge < -0.3 is 37.4 Å². The number of nitrogens with two attached hydrogens (primary N) is 1. The van der Waals surface area contributed by atoms with Crippen molar-refractivity contribution in [1.29, 1.82) is 0 Å². The molecule has 3 aliphatic heterocycles. The number of hydrogen-bond donors (Lipinski definition) is 7. The molecule has 8 N–H and O–H groups in total. The molecule has 3 heterocycles. The van der Waals surface area contributed by atoms with Gasteiger partial charge in [-0.05, 0) is 58.2 Å². The van der Waals surface area contributed by atoms with Gasteiger partial charge in [0.05, 0.1) is 12.5 Å². The number of carbonyl (C=O) groups is 6. The van der Waals surface area contributed by atoms with Gasteiger partial charge in [-0.3, -0.25) is 24.0 Å². The zero-order valence-corrected chi connectivity index (χ0v) is 32.5. The summed E-state index contributed by atoms with van der Waals surface area (Å²) in [6, 6.07) is 26.3. The van der Waals surface area contributed by atoms with Gasteiger partial charge in [0, 0.05) is 30.2 Å². The Morgan fingerprint density at radius 1 is 0.638 bits per heavy atom. The van der Waals surface area contributed by atoms with Crippen molar-refractivity contribution in [3.63, 3.8) is 0 Å². The summed E-state index contributed by atoms with van der Waals surface area (Å²) in [4.78, 5) is 81.5. The lowest BCUT2D eigenvalue weighted by atomic mass is 9.98. The monoisotopic (exact) mass is 802 g/mol. The number of allylic oxidation sites excluding steroid dienone is 1. The molecule has 7 rings (SSSR count). The molecule has 0 radical (unpaired) electrons. The lowest BCUT2D eigenvalue weighted by Crippen LogP contribution is -2.59. The highest BCUT2D eigenvalue weighted by atomic mass is 32.2. The molecule has 6 atom stereocenters. The van der Waals surface area contributed by atoms with E-state index < -0.39 is 65.7 Å². The molecule has 0 fully saturated rings. The van der Waals surface area contributed by atoms with Crippen molar-refractivity contribution >= 4 is 53.0 Å². The smallest absolute Gasteiger partial charge is 0.326 e. The number of anilines is 1. The van der Waals surface area contributed by atoms with Crippen LogP contribution in [0.5, 0.6) is 0 Å². The van der Waals surface area contributed by atoms with E-state index >= 15 is 0 Å². The number of nitrogens with one attached hydrogen (secondary N) is 5. The molecule has 58 heavy (non-hydrogen) atoms. The summed E-state index contributed by atoms with van der Waals surface area (Å²) < 4.78 is 0. The van der Waals surface area contributed by atoms with E-state index in [4.69, 9.17) is 5.73 Å². The van der Waals surface area contributed by atoms with Crippen LogP contribution in [-0.2, 0) is 48.0 Å². The fraction of sp³-hybridized carbons (Fsp3) is 0.273. The maximum Gasteiger partial charge on any atom is 0.326 e. The van der Waals surface area contributed by atoms with Gasteiger partial charge in [-0.2, -0.15) is 0 Å². The lowest BCUT2D eigenvalue weighted by molar-refractivity contribution is -0.142. The van der Waals surface area contributed by atoms with E-state index in [1.165, 1.54) is 11.8 Å². The number of thioether (sulfide) groups is 1. The van der Waals surface area contributed by atoms with E-state index in [0.29, 0.717) is 28.8 Å². The minimum Gasteiger partial charge on any atom is -0.480 e. The number of amides is 5. The molecule has 0 aromatic heterocycles. The summed E-state index contributed by atoms with van der Waals surface area (Å²) in [7, 11) is 0. The number of carboxylic acids is 1. The predicted molar refractivity (Wildman–Crippen MR) is 222 cm³/mol. The highest BCUT2D eigenvalue weighted by Crippen LogP contribution is 2.28. The topological polar surface area (TPSA) is 209 Å². The highest BCUT2D eigenvalue weighted by molar-refractivity contribution is 8.03. The molecular weight excluding hydrogens is 757 g/mol. The lowest BCUT2D eigenvalue weighted by Gasteiger charge is -2.27. The second-order valence-electron chi connectivity index (χ2n) is 14.4. The first-order valence-corrected chi connectivity index (χ1v) is 20.0. The van der Waals surface area contributed by atoms with Crippen LogP contribution in [0.2, 0.25) is 0 Å². The second-order valence-corrected chi connectivity index (χ2v) is 15.6. The zero-order valence-electron chi connectivity index (χ0n) is 31.6. The predicted octanol–water partition coefficient (Wildman–Crippen LogP) is 3.48. The van der Waals surface area contributed by atoms with Crippen molar-refractivity contribution in [3.8, 4) is 11.1 Å². The van der Waals surface area contributed by atoms with Gasteiger partial charge in [0.25, 0.3) is 0 Å². The molecule has 14 heteroatoms. The number of aliphatic carboxylic acids is 1. The average molecular weight is 803 g/mol. The van der Waals surface area contributed by atoms with Gasteiger partial charge >= 0.3 is 5.97 Å². The van der Waals surface area contributed by atoms with Crippen molar-refractivity contribution < 1.29 is 33.9 Å². The summed E-state index contributed by atoms with van der Waals surface area (Å²) in [6.45, 7) is 0. The van der Waals surface area contributed by atoms with Crippen LogP contribution in [0.3, 0.4) is 0 Å². The Morgan fingerprint density at radius 3 is 1.79 bits per heavy atom. The summed E-state index contributed by atoms with van der Waals surface area (Å²) in [5.41, 5.74) is 10.5. The Morgan fingerprint density at radius 2 is 1.19 bits per heavy atom. The van der Waals surface area contributed by atoms with E-state index in [1.54, 1.807) is 48.5 Å². The number of rotatable bonds is 8. The number of hydrogen-bond acceptors (Lipinski definition) is 8. The molecule has 4 aromatic rings. The minimum atomic E-state index is -1.37. The van der Waals surface area contributed by atoms with Crippen molar-refractivity contribution in [1.82, 2.24) is 21.3 Å². The summed E-state index contributed by atoms with van der Waals surface area (Å²) in [6.07, 6.45) is 2.38. The van der Waals surface area contributed by atoms with Crippen LogP contribution < -0.4 is 32.3 Å². The molecule has 4 aromatic carbocycles. The Kier molecular flexibility index (Phi) is 14.1. The fourth-order valence-electron chi connectivity index (χ4n) is 6.80. The Balaban J connectivity index is 1.34. The summed E-state index contributed by atoms with van der Waals surface area (Å²) >= 11 is 1.51. The van der Waals surface area contributed by atoms with E-state index in [2.05, 4.69) is 26.6 Å². The number of fused-ring (bicyclic) bond motifs is 18. The maximum absolute atomic E-state index is 14.4. The molecule has 1 unspecified atom stereocenters. The van der Waals surface area contributed by atoms with Crippen LogP contribution >= 0.6 is 11.8 Å². The molecule has 0 spiro atoms. The minimum absolute atomic E-state index is 0.0139. The van der Waals surface area contributed by atoms with Gasteiger partial charge in [-0.1, -0.05) is 103 Å². The van der Waals surface area contributed by atoms with Crippen LogP contribution in [0, 0.1) is 0 Å². The fourth-order valence-corrected chi connectivity index (χ4v) is 7.77. The maximum atomic E-state index is 14.4. The number of carboxylic acid groups (broad SMARTS) is 1. The van der Waals surface area contributed by atoms with Crippen LogP contribution in [0.15, 0.2) is 121 Å². The van der Waals surface area contributed by atoms with Gasteiger partial charge in [0.1, 0.15) is 24.2 Å². The quantitative estimate of drug-likeness (QED) is 0.130. The van der Waals surface area contributed by atoms with Crippen molar-refractivity contribution in [2.75, 3.05) is 5.32 Å². The Labute approximate surface area is 340 Å². The first-order chi connectivity index (χ1) is 28.0. The third-order valence-corrected chi connectivity index (χ3v) is 11.1. The largest absolute Gasteiger partial charge is 0.480 e. The number of carbonyl (C=O) groups excluding carboxylic acids is 5. The molecule has 0 aliphatic carbocycles. The van der Waals surface area contributed by atoms with Crippen molar-refractivity contribution in [2.24, 2.45) is 5.73 Å². The van der Waals surface area contributed by atoms with Crippen LogP contribution in [0.4, 0.5) is 5.69 Å². The normalized spacial score (nSPS) is 23.4. The van der Waals surface area contributed by atoms with Crippen molar-refractivity contribution in [3.05, 3.63) is 137 Å². The van der Waals surface area contributed by atoms with Gasteiger partial charge in [0.15, 0.2) is 0 Å². The molecule has 0 saturated heterocycles. The standard InChI is InChI=1S/C44H46N6O7S/c45-34-26-39(51)46-32-19-15-29(16-20-32)24-38(44(56)57)50-42(54)35(22-27-8-3-1-4-9-27)48-41(53)36(23-28-13-17-31(18-14-28)30-10-5-2-6-11-30)49-43(55)37(47-40(34)52)25-33-12-7-21-58-33/h1-11,13-21,33-38H,12,22-26,45H2,(H,46,51)(H,47,52)(H,48,53)(H,49,55)(H,50,54)(H,56,57)/t33?,34-,35+,36-,37+,38-/m0/s1. The highest BCUT2D eigenvalue weighted by Gasteiger charge is 2.34. The first kappa shape index (κ1) is 41.4. The van der Waals surface area contributed by atoms with E-state index in [0.717, 1.165) is 11.1 Å². The zero-order chi connectivity index (χ0) is 41.0. The summed E-state index contributed by atoms with van der Waals surface area (Å²) in [5, 5.41) is 25.7. The van der Waals surface area contributed by atoms with Gasteiger partial charge in [0.2, 0.25) is 29.5 Å². The molecule has 5 amide bonds. The van der Waals surface area contributed by atoms with E-state index in [9.17, 15) is 33.9 Å². The van der Waals surface area contributed by atoms with E-state index in [-0.39, 0.29) is 37.4 Å². The third-order valence-electron chi connectivity index (χ3n) is 9.98. The molecule has 2 bridgehead atoms. The Bertz CT molecular complexity index is 2110. The van der Waals surface area contributed by atoms with E-state index in [1.807, 2.05) is 72.1 Å². The van der Waals surface area contributed by atoms with Crippen LogP contribution in [0.1, 0.15) is 36.0 Å². The molecule has 300 valence electrons. The van der Waals surface area contributed by atoms with Gasteiger partial charge in [-0.25, -0.2) is 4.79 Å². The molecular formula is C44H46N6O7S. The second kappa shape index (κ2) is 19.7. The SMILES string of the molecule is N[C@H]1CC(=O)Nc2ccc(cc2)C[C@@H](C(=O)O)NC(=O)[C@@H](Cc2ccccc2)NC(=O)[C@H](Cc2ccc(-c3ccccc3)cc2)NC(=O)[C@@H](CC2CC=CS2)NC1=O. The van der Waals surface area contributed by atoms with Crippen molar-refractivity contribution in [2.45, 2.75) is 74.0 Å². The molecule has 0 saturated carbocycles. The summed E-state index contributed by atoms with van der Waals surface area (Å²) in [5.74, 6) is -4.63. The Hall–Kier alpha value is -6.25. The van der Waals surface area contributed by atoms with Crippen LogP contribution in [-0.4, -0.2) is 76.1 Å².